The van der Waals surface area contributed by atoms with E-state index in [4.69, 9.17) is 14.4 Å². The maximum Gasteiger partial charge on any atom is 0.160 e. The van der Waals surface area contributed by atoms with Crippen molar-refractivity contribution in [1.82, 2.24) is 9.97 Å². The molecule has 7 aromatic carbocycles. The van der Waals surface area contributed by atoms with Crippen LogP contribution in [0.1, 0.15) is 0 Å². The molecular formula is C46H30N2O. The van der Waals surface area contributed by atoms with Crippen LogP contribution in [-0.2, 0) is 0 Å². The number of fused-ring (bicyclic) bond motifs is 3. The summed E-state index contributed by atoms with van der Waals surface area (Å²) in [5, 5.41) is 2.22. The molecule has 9 rings (SSSR count). The molecular weight excluding hydrogens is 597 g/mol. The highest BCUT2D eigenvalue weighted by atomic mass is 16.3. The first-order chi connectivity index (χ1) is 24.3. The molecule has 0 amide bonds. The number of hydrogen-bond acceptors (Lipinski definition) is 3. The number of aromatic nitrogens is 2. The molecule has 3 nitrogen and oxygen atoms in total. The smallest absolute Gasteiger partial charge is 0.160 e. The van der Waals surface area contributed by atoms with Crippen LogP contribution < -0.4 is 0 Å². The van der Waals surface area contributed by atoms with Crippen molar-refractivity contribution in [2.24, 2.45) is 0 Å². The van der Waals surface area contributed by atoms with Crippen LogP contribution in [0.5, 0.6) is 0 Å². The molecule has 0 bridgehead atoms. The van der Waals surface area contributed by atoms with E-state index >= 15 is 0 Å². The summed E-state index contributed by atoms with van der Waals surface area (Å²) in [5.74, 6) is 0.682. The average molecular weight is 627 g/mol. The third-order valence-corrected chi connectivity index (χ3v) is 9.10. The van der Waals surface area contributed by atoms with Gasteiger partial charge in [-0.15, -0.1) is 0 Å². The van der Waals surface area contributed by atoms with Crippen LogP contribution in [0.25, 0.3) is 89.2 Å². The second-order valence-electron chi connectivity index (χ2n) is 12.2. The Balaban J connectivity index is 1.24. The van der Waals surface area contributed by atoms with Crippen molar-refractivity contribution < 1.29 is 4.42 Å². The Bertz CT molecular complexity index is 2570. The lowest BCUT2D eigenvalue weighted by Gasteiger charge is -2.13. The fraction of sp³-hybridized carbons (Fsp3) is 0. The lowest BCUT2D eigenvalue weighted by molar-refractivity contribution is 0.670. The highest BCUT2D eigenvalue weighted by Gasteiger charge is 2.17. The van der Waals surface area contributed by atoms with Crippen molar-refractivity contribution in [1.29, 1.82) is 0 Å². The summed E-state index contributed by atoms with van der Waals surface area (Å²) in [7, 11) is 0. The van der Waals surface area contributed by atoms with Crippen LogP contribution in [-0.4, -0.2) is 9.97 Å². The van der Waals surface area contributed by atoms with Gasteiger partial charge >= 0.3 is 0 Å². The van der Waals surface area contributed by atoms with Gasteiger partial charge in [-0.2, -0.15) is 0 Å². The molecule has 0 aliphatic rings. The van der Waals surface area contributed by atoms with E-state index < -0.39 is 0 Å². The van der Waals surface area contributed by atoms with Crippen LogP contribution in [0, 0.1) is 0 Å². The summed E-state index contributed by atoms with van der Waals surface area (Å²) < 4.78 is 6.50. The molecule has 49 heavy (non-hydrogen) atoms. The predicted octanol–water partition coefficient (Wildman–Crippen LogP) is 12.4. The molecule has 3 heteroatoms. The summed E-state index contributed by atoms with van der Waals surface area (Å²) in [5.41, 5.74) is 13.2. The van der Waals surface area contributed by atoms with Crippen molar-refractivity contribution >= 4 is 21.9 Å². The van der Waals surface area contributed by atoms with Crippen LogP contribution in [0.2, 0.25) is 0 Å². The molecule has 0 fully saturated rings. The third kappa shape index (κ3) is 5.48. The van der Waals surface area contributed by atoms with Crippen LogP contribution in [0.3, 0.4) is 0 Å². The molecule has 230 valence electrons. The second-order valence-corrected chi connectivity index (χ2v) is 12.2. The fourth-order valence-electron chi connectivity index (χ4n) is 6.63. The Morgan fingerprint density at radius 1 is 0.327 bits per heavy atom. The molecule has 0 radical (unpaired) electrons. The number of para-hydroxylation sites is 2. The third-order valence-electron chi connectivity index (χ3n) is 9.10. The first-order valence-electron chi connectivity index (χ1n) is 16.5. The van der Waals surface area contributed by atoms with E-state index in [9.17, 15) is 0 Å². The minimum atomic E-state index is 0.682. The van der Waals surface area contributed by atoms with E-state index in [1.807, 2.05) is 36.4 Å². The van der Waals surface area contributed by atoms with E-state index in [0.717, 1.165) is 77.8 Å². The Labute approximate surface area is 284 Å². The average Bonchev–Trinajstić information content (AvgIpc) is 3.58. The largest absolute Gasteiger partial charge is 0.455 e. The number of rotatable bonds is 6. The summed E-state index contributed by atoms with van der Waals surface area (Å²) in [6, 6.07) is 63.2. The van der Waals surface area contributed by atoms with Gasteiger partial charge in [-0.1, -0.05) is 152 Å². The summed E-state index contributed by atoms with van der Waals surface area (Å²) >= 11 is 0. The molecule has 0 saturated carbocycles. The molecule has 0 saturated heterocycles. The SMILES string of the molecule is c1ccc(-c2ccc(-c3nc(-c4ccccc4)cc(-c4cc(-c5ccccc5)cc(-c5cccc6c5oc5ccccc56)c4)n3)cc2)cc1. The number of furan rings is 1. The van der Waals surface area contributed by atoms with Gasteiger partial charge < -0.3 is 4.42 Å². The zero-order valence-electron chi connectivity index (χ0n) is 26.6. The molecule has 0 atom stereocenters. The van der Waals surface area contributed by atoms with Gasteiger partial charge in [-0.25, -0.2) is 9.97 Å². The molecule has 0 aliphatic heterocycles. The van der Waals surface area contributed by atoms with Gasteiger partial charge in [-0.05, 0) is 58.1 Å². The highest BCUT2D eigenvalue weighted by Crippen LogP contribution is 2.39. The lowest BCUT2D eigenvalue weighted by Crippen LogP contribution is -1.96. The topological polar surface area (TPSA) is 38.9 Å². The first kappa shape index (κ1) is 28.6. The minimum Gasteiger partial charge on any atom is -0.455 e. The van der Waals surface area contributed by atoms with Gasteiger partial charge in [0.05, 0.1) is 11.4 Å². The van der Waals surface area contributed by atoms with Gasteiger partial charge in [0.15, 0.2) is 5.82 Å². The van der Waals surface area contributed by atoms with E-state index in [1.54, 1.807) is 0 Å². The maximum atomic E-state index is 6.50. The second kappa shape index (κ2) is 12.2. The van der Waals surface area contributed by atoms with Crippen molar-refractivity contribution in [3.05, 3.63) is 182 Å². The van der Waals surface area contributed by atoms with Crippen molar-refractivity contribution in [2.75, 3.05) is 0 Å². The summed E-state index contributed by atoms with van der Waals surface area (Å²) in [6.45, 7) is 0. The summed E-state index contributed by atoms with van der Waals surface area (Å²) in [4.78, 5) is 10.3. The molecule has 9 aromatic rings. The molecule has 0 spiro atoms. The van der Waals surface area contributed by atoms with Gasteiger partial charge in [0.25, 0.3) is 0 Å². The number of hydrogen-bond donors (Lipinski definition) is 0. The standard InChI is InChI=1S/C46H30N2O/c1-4-13-31(14-5-1)33-23-25-35(26-24-33)46-47-42(34-17-8-3-9-18-34)30-43(48-46)38-28-36(32-15-6-2-7-16-32)27-37(29-38)39-20-12-21-41-40-19-10-11-22-44(40)49-45(39)41/h1-30H. The predicted molar refractivity (Wildman–Crippen MR) is 202 cm³/mol. The zero-order chi connectivity index (χ0) is 32.6. The Hall–Kier alpha value is -6.58. The van der Waals surface area contributed by atoms with Crippen molar-refractivity contribution in [3.8, 4) is 67.3 Å². The fourth-order valence-corrected chi connectivity index (χ4v) is 6.63. The van der Waals surface area contributed by atoms with E-state index in [-0.39, 0.29) is 0 Å². The van der Waals surface area contributed by atoms with Crippen LogP contribution in [0.15, 0.2) is 186 Å². The minimum absolute atomic E-state index is 0.682. The van der Waals surface area contributed by atoms with Crippen molar-refractivity contribution in [3.63, 3.8) is 0 Å². The van der Waals surface area contributed by atoms with Crippen LogP contribution in [0.4, 0.5) is 0 Å². The van der Waals surface area contributed by atoms with Gasteiger partial charge in [0.2, 0.25) is 0 Å². The molecule has 2 heterocycles. The highest BCUT2D eigenvalue weighted by molar-refractivity contribution is 6.09. The lowest BCUT2D eigenvalue weighted by atomic mass is 9.93. The number of benzene rings is 7. The van der Waals surface area contributed by atoms with Gasteiger partial charge in [0.1, 0.15) is 11.2 Å². The molecule has 0 unspecified atom stereocenters. The first-order valence-corrected chi connectivity index (χ1v) is 16.5. The maximum absolute atomic E-state index is 6.50. The van der Waals surface area contributed by atoms with Crippen LogP contribution >= 0.6 is 0 Å². The summed E-state index contributed by atoms with van der Waals surface area (Å²) in [6.07, 6.45) is 0. The number of nitrogens with zero attached hydrogens (tertiary/aromatic N) is 2. The van der Waals surface area contributed by atoms with E-state index in [0.29, 0.717) is 5.82 Å². The zero-order valence-corrected chi connectivity index (χ0v) is 26.6. The molecule has 0 N–H and O–H groups in total. The van der Waals surface area contributed by atoms with Gasteiger partial charge in [-0.3, -0.25) is 0 Å². The Morgan fingerprint density at radius 2 is 0.837 bits per heavy atom. The Kier molecular flexibility index (Phi) is 7.14. The van der Waals surface area contributed by atoms with E-state index in [1.165, 1.54) is 5.56 Å². The van der Waals surface area contributed by atoms with Crippen molar-refractivity contribution in [2.45, 2.75) is 0 Å². The quantitative estimate of drug-likeness (QED) is 0.184. The normalized spacial score (nSPS) is 11.3. The Morgan fingerprint density at radius 3 is 1.55 bits per heavy atom. The molecule has 2 aromatic heterocycles. The monoisotopic (exact) mass is 626 g/mol. The van der Waals surface area contributed by atoms with E-state index in [2.05, 4.69) is 146 Å². The van der Waals surface area contributed by atoms with Gasteiger partial charge in [0, 0.05) is 33.0 Å². The molecule has 0 aliphatic carbocycles.